The van der Waals surface area contributed by atoms with Gasteiger partial charge in [-0.25, -0.2) is 0 Å². The molecule has 0 aromatic rings. The van der Waals surface area contributed by atoms with Gasteiger partial charge in [0.1, 0.15) is 0 Å². The second-order valence-electron chi connectivity index (χ2n) is 4.61. The van der Waals surface area contributed by atoms with Crippen LogP contribution in [0, 0.1) is 5.92 Å². The topological polar surface area (TPSA) is 93.1 Å². The molecule has 0 unspecified atom stereocenters. The third-order valence-electron chi connectivity index (χ3n) is 2.76. The second-order valence-corrected chi connectivity index (χ2v) is 6.87. The number of carboxylic acid groups (broad SMARTS) is 1. The van der Waals surface area contributed by atoms with Crippen LogP contribution in [-0.4, -0.2) is 41.2 Å². The minimum atomic E-state index is -3.51. The first-order valence-electron chi connectivity index (χ1n) is 6.57. The van der Waals surface area contributed by atoms with E-state index in [2.05, 4.69) is 0 Å². The summed E-state index contributed by atoms with van der Waals surface area (Å²) >= 11 is 0. The molecule has 0 bridgehead atoms. The molecule has 0 rings (SSSR count). The quantitative estimate of drug-likeness (QED) is 0.602. The van der Waals surface area contributed by atoms with E-state index < -0.39 is 25.3 Å². The van der Waals surface area contributed by atoms with Crippen molar-refractivity contribution in [3.8, 4) is 0 Å². The maximum Gasteiger partial charge on any atom is 0.336 e. The second kappa shape index (κ2) is 8.69. The number of carbonyl (C=O) groups is 1. The molecule has 7 heteroatoms. The normalized spacial score (nSPS) is 15.5. The highest BCUT2D eigenvalue weighted by atomic mass is 31.2. The van der Waals surface area contributed by atoms with Crippen LogP contribution in [0.5, 0.6) is 0 Å². The van der Waals surface area contributed by atoms with E-state index in [1.807, 2.05) is 0 Å². The van der Waals surface area contributed by atoms with Gasteiger partial charge in [0, 0.05) is 6.42 Å². The van der Waals surface area contributed by atoms with Crippen LogP contribution >= 0.6 is 7.60 Å². The van der Waals surface area contributed by atoms with Gasteiger partial charge in [0.25, 0.3) is 0 Å². The third kappa shape index (κ3) is 6.04. The van der Waals surface area contributed by atoms with E-state index in [0.29, 0.717) is 0 Å². The van der Waals surface area contributed by atoms with E-state index >= 15 is 0 Å². The van der Waals surface area contributed by atoms with Gasteiger partial charge in [0.15, 0.2) is 0 Å². The predicted molar refractivity (Wildman–Crippen MR) is 72.4 cm³/mol. The molecule has 6 nitrogen and oxygen atoms in total. The van der Waals surface area contributed by atoms with Crippen LogP contribution in [0.1, 0.15) is 40.5 Å². The SMILES string of the molecule is CCOP(=O)(OCC)[C@@H](CCC(=O)O)[C@@H](O)C(C)C. The molecule has 0 aliphatic heterocycles. The van der Waals surface area contributed by atoms with Gasteiger partial charge in [0.2, 0.25) is 0 Å². The Morgan fingerprint density at radius 1 is 1.21 bits per heavy atom. The summed E-state index contributed by atoms with van der Waals surface area (Å²) in [5, 5.41) is 18.9. The largest absolute Gasteiger partial charge is 0.481 e. The lowest BCUT2D eigenvalue weighted by Gasteiger charge is -2.31. The number of aliphatic carboxylic acids is 1. The fourth-order valence-corrected chi connectivity index (χ4v) is 4.16. The van der Waals surface area contributed by atoms with Gasteiger partial charge < -0.3 is 19.3 Å². The summed E-state index contributed by atoms with van der Waals surface area (Å²) in [6, 6.07) is 0. The van der Waals surface area contributed by atoms with Crippen molar-refractivity contribution in [3.05, 3.63) is 0 Å². The first-order chi connectivity index (χ1) is 8.78. The van der Waals surface area contributed by atoms with E-state index in [0.717, 1.165) is 0 Å². The van der Waals surface area contributed by atoms with Crippen LogP contribution < -0.4 is 0 Å². The molecule has 0 fully saturated rings. The number of carboxylic acids is 1. The Labute approximate surface area is 114 Å². The van der Waals surface area contributed by atoms with E-state index in [-0.39, 0.29) is 32.0 Å². The zero-order valence-corrected chi connectivity index (χ0v) is 12.9. The van der Waals surface area contributed by atoms with Gasteiger partial charge in [-0.1, -0.05) is 13.8 Å². The average Bonchev–Trinajstić information content (AvgIpc) is 2.28. The average molecular weight is 296 g/mol. The lowest BCUT2D eigenvalue weighted by molar-refractivity contribution is -0.137. The Bertz CT molecular complexity index is 307. The Morgan fingerprint density at radius 3 is 2.00 bits per heavy atom. The summed E-state index contributed by atoms with van der Waals surface area (Å²) in [6.07, 6.45) is -1.05. The molecule has 0 amide bonds. The van der Waals surface area contributed by atoms with Gasteiger partial charge in [-0.05, 0) is 26.2 Å². The summed E-state index contributed by atoms with van der Waals surface area (Å²) in [5.74, 6) is -1.16. The summed E-state index contributed by atoms with van der Waals surface area (Å²) in [4.78, 5) is 10.7. The lowest BCUT2D eigenvalue weighted by atomic mass is 10.0. The zero-order valence-electron chi connectivity index (χ0n) is 12.0. The third-order valence-corrected chi connectivity index (χ3v) is 5.37. The number of hydrogen-bond donors (Lipinski definition) is 2. The molecular weight excluding hydrogens is 271 g/mol. The molecule has 0 aromatic carbocycles. The van der Waals surface area contributed by atoms with Gasteiger partial charge in [-0.3, -0.25) is 9.36 Å². The molecule has 0 spiro atoms. The molecular formula is C12H25O6P. The van der Waals surface area contributed by atoms with Crippen LogP contribution in [0.3, 0.4) is 0 Å². The van der Waals surface area contributed by atoms with Gasteiger partial charge >= 0.3 is 13.6 Å². The van der Waals surface area contributed by atoms with Gasteiger partial charge in [-0.2, -0.15) is 0 Å². The highest BCUT2D eigenvalue weighted by Crippen LogP contribution is 2.56. The monoisotopic (exact) mass is 296 g/mol. The van der Waals surface area contributed by atoms with Crippen molar-refractivity contribution in [1.82, 2.24) is 0 Å². The summed E-state index contributed by atoms with van der Waals surface area (Å²) in [6.45, 7) is 7.29. The van der Waals surface area contributed by atoms with E-state index in [1.54, 1.807) is 27.7 Å². The van der Waals surface area contributed by atoms with Crippen molar-refractivity contribution < 1.29 is 28.6 Å². The summed E-state index contributed by atoms with van der Waals surface area (Å²) < 4.78 is 23.1. The minimum absolute atomic E-state index is 0.0615. The lowest BCUT2D eigenvalue weighted by Crippen LogP contribution is -2.33. The molecule has 114 valence electrons. The molecule has 0 heterocycles. The zero-order chi connectivity index (χ0) is 15.1. The standard InChI is InChI=1S/C12H25O6P/c1-5-17-19(16,18-6-2)10(7-8-11(13)14)12(15)9(3)4/h9-10,12,15H,5-8H2,1-4H3,(H,13,14)/t10-,12-/m0/s1. The van der Waals surface area contributed by atoms with Crippen LogP contribution in [-0.2, 0) is 18.4 Å². The maximum absolute atomic E-state index is 12.7. The maximum atomic E-state index is 12.7. The van der Waals surface area contributed by atoms with Crippen LogP contribution in [0.4, 0.5) is 0 Å². The first-order valence-corrected chi connectivity index (χ1v) is 8.18. The molecule has 0 saturated carbocycles. The molecule has 0 saturated heterocycles. The molecule has 0 aromatic heterocycles. The fraction of sp³-hybridized carbons (Fsp3) is 0.917. The molecule has 0 aliphatic rings. The smallest absolute Gasteiger partial charge is 0.336 e. The van der Waals surface area contributed by atoms with Crippen molar-refractivity contribution in [2.24, 2.45) is 5.92 Å². The Hall–Kier alpha value is -0.420. The molecule has 2 atom stereocenters. The van der Waals surface area contributed by atoms with Crippen molar-refractivity contribution >= 4 is 13.6 Å². The van der Waals surface area contributed by atoms with E-state index in [1.165, 1.54) is 0 Å². The van der Waals surface area contributed by atoms with Crippen molar-refractivity contribution in [2.75, 3.05) is 13.2 Å². The van der Waals surface area contributed by atoms with Crippen molar-refractivity contribution in [2.45, 2.75) is 52.3 Å². The van der Waals surface area contributed by atoms with Crippen LogP contribution in [0.2, 0.25) is 0 Å². The number of aliphatic hydroxyl groups is 1. The fourth-order valence-electron chi connectivity index (χ4n) is 1.82. The molecule has 0 aliphatic carbocycles. The molecule has 19 heavy (non-hydrogen) atoms. The summed E-state index contributed by atoms with van der Waals surface area (Å²) in [5.41, 5.74) is -0.816. The number of aliphatic hydroxyl groups excluding tert-OH is 1. The predicted octanol–water partition coefficient (Wildman–Crippen LogP) is 2.50. The Balaban J connectivity index is 5.14. The Morgan fingerprint density at radius 2 is 1.68 bits per heavy atom. The highest BCUT2D eigenvalue weighted by Gasteiger charge is 2.41. The van der Waals surface area contributed by atoms with Gasteiger partial charge in [0.05, 0.1) is 25.0 Å². The number of hydrogen-bond acceptors (Lipinski definition) is 5. The van der Waals surface area contributed by atoms with Crippen LogP contribution in [0.15, 0.2) is 0 Å². The minimum Gasteiger partial charge on any atom is -0.481 e. The van der Waals surface area contributed by atoms with E-state index in [9.17, 15) is 14.5 Å². The van der Waals surface area contributed by atoms with E-state index in [4.69, 9.17) is 14.2 Å². The number of rotatable bonds is 10. The molecule has 0 radical (unpaired) electrons. The van der Waals surface area contributed by atoms with Gasteiger partial charge in [-0.15, -0.1) is 0 Å². The Kier molecular flexibility index (Phi) is 8.50. The first kappa shape index (κ1) is 18.6. The van der Waals surface area contributed by atoms with Crippen LogP contribution in [0.25, 0.3) is 0 Å². The van der Waals surface area contributed by atoms with Crippen molar-refractivity contribution in [3.63, 3.8) is 0 Å². The summed E-state index contributed by atoms with van der Waals surface area (Å²) in [7, 11) is -3.51. The highest BCUT2D eigenvalue weighted by molar-refractivity contribution is 7.54. The molecule has 2 N–H and O–H groups in total. The van der Waals surface area contributed by atoms with Crippen molar-refractivity contribution in [1.29, 1.82) is 0 Å².